The van der Waals surface area contributed by atoms with Crippen molar-refractivity contribution in [3.8, 4) is 0 Å². The fraction of sp³-hybridized carbons (Fsp3) is 0.875. The first kappa shape index (κ1) is 10.5. The van der Waals surface area contributed by atoms with E-state index in [0.29, 0.717) is 6.42 Å². The summed E-state index contributed by atoms with van der Waals surface area (Å²) in [6.07, 6.45) is -5.91. The van der Waals surface area contributed by atoms with Crippen LogP contribution in [-0.4, -0.2) is 24.7 Å². The smallest absolute Gasteiger partial charge is 0.369 e. The van der Waals surface area contributed by atoms with Crippen molar-refractivity contribution < 1.29 is 22.7 Å². The predicted octanol–water partition coefficient (Wildman–Crippen LogP) is 1.93. The van der Waals surface area contributed by atoms with Gasteiger partial charge in [-0.2, -0.15) is 13.2 Å². The van der Waals surface area contributed by atoms with Crippen molar-refractivity contribution in [2.24, 2.45) is 5.92 Å². The fourth-order valence-electron chi connectivity index (χ4n) is 1.39. The molecular formula is C8H11F3O2. The Hall–Kier alpha value is -0.580. The van der Waals surface area contributed by atoms with Crippen molar-refractivity contribution >= 4 is 5.78 Å². The van der Waals surface area contributed by atoms with E-state index in [1.807, 2.05) is 0 Å². The van der Waals surface area contributed by atoms with Crippen LogP contribution in [0, 0.1) is 5.92 Å². The lowest BCUT2D eigenvalue weighted by atomic mass is 9.92. The summed E-state index contributed by atoms with van der Waals surface area (Å²) < 4.78 is 41.0. The Bertz CT molecular complexity index is 200. The van der Waals surface area contributed by atoms with Crippen LogP contribution in [0.15, 0.2) is 0 Å². The third-order valence-corrected chi connectivity index (χ3v) is 2.22. The highest BCUT2D eigenvalue weighted by atomic mass is 19.4. The lowest BCUT2D eigenvalue weighted by Gasteiger charge is -2.29. The molecular weight excluding hydrogens is 185 g/mol. The second kappa shape index (κ2) is 3.65. The van der Waals surface area contributed by atoms with Crippen molar-refractivity contribution in [3.63, 3.8) is 0 Å². The molecule has 1 saturated heterocycles. The molecule has 1 rings (SSSR count). The lowest BCUT2D eigenvalue weighted by Crippen LogP contribution is -2.39. The summed E-state index contributed by atoms with van der Waals surface area (Å²) in [5.41, 5.74) is 0. The highest BCUT2D eigenvalue weighted by Gasteiger charge is 2.44. The topological polar surface area (TPSA) is 26.3 Å². The molecule has 0 aromatic heterocycles. The molecule has 1 aliphatic heterocycles. The second-order valence-electron chi connectivity index (χ2n) is 3.23. The summed E-state index contributed by atoms with van der Waals surface area (Å²) in [7, 11) is 0. The molecule has 1 aliphatic rings. The normalized spacial score (nSPS) is 30.2. The van der Waals surface area contributed by atoms with E-state index in [-0.39, 0.29) is 18.8 Å². The number of halogens is 3. The lowest BCUT2D eigenvalue weighted by molar-refractivity contribution is -0.234. The highest BCUT2D eigenvalue weighted by molar-refractivity contribution is 5.78. The number of rotatable bonds is 1. The van der Waals surface area contributed by atoms with Crippen LogP contribution in [0.3, 0.4) is 0 Å². The molecule has 1 fully saturated rings. The zero-order valence-corrected chi connectivity index (χ0v) is 7.23. The average molecular weight is 196 g/mol. The molecule has 0 bridgehead atoms. The Labute approximate surface area is 74.1 Å². The molecule has 0 N–H and O–H groups in total. The maximum absolute atomic E-state index is 12.1. The van der Waals surface area contributed by atoms with Crippen LogP contribution in [0.1, 0.15) is 19.8 Å². The van der Waals surface area contributed by atoms with E-state index in [9.17, 15) is 18.0 Å². The van der Waals surface area contributed by atoms with Crippen molar-refractivity contribution in [1.82, 2.24) is 0 Å². The molecule has 0 saturated carbocycles. The summed E-state index contributed by atoms with van der Waals surface area (Å²) in [6, 6.07) is 0. The van der Waals surface area contributed by atoms with Crippen LogP contribution < -0.4 is 0 Å². The van der Waals surface area contributed by atoms with E-state index < -0.39 is 18.2 Å². The number of alkyl halides is 3. The van der Waals surface area contributed by atoms with Gasteiger partial charge in [-0.3, -0.25) is 4.79 Å². The SMILES string of the molecule is CC(=O)C1CCOC(C(F)(F)F)C1. The van der Waals surface area contributed by atoms with Gasteiger partial charge in [0, 0.05) is 12.5 Å². The van der Waals surface area contributed by atoms with Gasteiger partial charge < -0.3 is 4.74 Å². The molecule has 2 nitrogen and oxygen atoms in total. The third kappa shape index (κ3) is 2.69. The van der Waals surface area contributed by atoms with Crippen molar-refractivity contribution in [1.29, 1.82) is 0 Å². The molecule has 0 aromatic carbocycles. The third-order valence-electron chi connectivity index (χ3n) is 2.22. The van der Waals surface area contributed by atoms with Crippen LogP contribution >= 0.6 is 0 Å². The average Bonchev–Trinajstić information content (AvgIpc) is 2.03. The number of carbonyl (C=O) groups excluding carboxylic acids is 1. The van der Waals surface area contributed by atoms with Crippen molar-refractivity contribution in [2.75, 3.05) is 6.61 Å². The fourth-order valence-corrected chi connectivity index (χ4v) is 1.39. The molecule has 0 aliphatic carbocycles. The summed E-state index contributed by atoms with van der Waals surface area (Å²) >= 11 is 0. The van der Waals surface area contributed by atoms with Gasteiger partial charge >= 0.3 is 6.18 Å². The summed E-state index contributed by atoms with van der Waals surface area (Å²) in [5.74, 6) is -0.669. The molecule has 0 amide bonds. The van der Waals surface area contributed by atoms with Crippen molar-refractivity contribution in [2.45, 2.75) is 32.0 Å². The molecule has 2 atom stereocenters. The molecule has 0 radical (unpaired) electrons. The van der Waals surface area contributed by atoms with Gasteiger partial charge in [0.2, 0.25) is 0 Å². The predicted molar refractivity (Wildman–Crippen MR) is 39.2 cm³/mol. The minimum absolute atomic E-state index is 0.0222. The van der Waals surface area contributed by atoms with Crippen LogP contribution in [0.4, 0.5) is 13.2 Å². The second-order valence-corrected chi connectivity index (χ2v) is 3.23. The first-order valence-electron chi connectivity index (χ1n) is 4.10. The zero-order chi connectivity index (χ0) is 10.1. The molecule has 1 heterocycles. The van der Waals surface area contributed by atoms with Gasteiger partial charge in [0.15, 0.2) is 6.10 Å². The van der Waals surface area contributed by atoms with E-state index in [0.717, 1.165) is 0 Å². The largest absolute Gasteiger partial charge is 0.414 e. The quantitative estimate of drug-likeness (QED) is 0.640. The standard InChI is InChI=1S/C8H11F3O2/c1-5(12)6-2-3-13-7(4-6)8(9,10)11/h6-7H,2-4H2,1H3. The number of hydrogen-bond acceptors (Lipinski definition) is 2. The first-order valence-corrected chi connectivity index (χ1v) is 4.10. The number of hydrogen-bond donors (Lipinski definition) is 0. The van der Waals surface area contributed by atoms with Crippen molar-refractivity contribution in [3.05, 3.63) is 0 Å². The number of ether oxygens (including phenoxy) is 1. The van der Waals surface area contributed by atoms with Gasteiger partial charge in [0.25, 0.3) is 0 Å². The molecule has 0 aromatic rings. The molecule has 76 valence electrons. The van der Waals surface area contributed by atoms with Crippen LogP contribution in [0.25, 0.3) is 0 Å². The van der Waals surface area contributed by atoms with Gasteiger partial charge in [-0.15, -0.1) is 0 Å². The Morgan fingerprint density at radius 1 is 1.46 bits per heavy atom. The maximum atomic E-state index is 12.1. The first-order chi connectivity index (χ1) is 5.91. The summed E-state index contributed by atoms with van der Waals surface area (Å²) in [5, 5.41) is 0. The number of carbonyl (C=O) groups is 1. The number of ketones is 1. The van der Waals surface area contributed by atoms with Gasteiger partial charge in [0.05, 0.1) is 0 Å². The highest BCUT2D eigenvalue weighted by Crippen LogP contribution is 2.32. The Balaban J connectivity index is 2.57. The van der Waals surface area contributed by atoms with Crippen LogP contribution in [0.2, 0.25) is 0 Å². The number of Topliss-reactive ketones (excluding diaryl/α,β-unsaturated/α-hetero) is 1. The summed E-state index contributed by atoms with van der Waals surface area (Å²) in [6.45, 7) is 1.35. The monoisotopic (exact) mass is 196 g/mol. The molecule has 2 unspecified atom stereocenters. The minimum atomic E-state index is -4.34. The molecule has 13 heavy (non-hydrogen) atoms. The Morgan fingerprint density at radius 2 is 2.08 bits per heavy atom. The zero-order valence-electron chi connectivity index (χ0n) is 7.23. The van der Waals surface area contributed by atoms with Crippen LogP contribution in [0.5, 0.6) is 0 Å². The summed E-state index contributed by atoms with van der Waals surface area (Å²) in [4.78, 5) is 10.8. The Morgan fingerprint density at radius 3 is 2.54 bits per heavy atom. The van der Waals surface area contributed by atoms with E-state index in [4.69, 9.17) is 0 Å². The molecule has 0 spiro atoms. The van der Waals surface area contributed by atoms with E-state index in [1.54, 1.807) is 0 Å². The minimum Gasteiger partial charge on any atom is -0.369 e. The van der Waals surface area contributed by atoms with Gasteiger partial charge in [-0.05, 0) is 19.8 Å². The van der Waals surface area contributed by atoms with Gasteiger partial charge in [0.1, 0.15) is 5.78 Å². The Kier molecular flexibility index (Phi) is 2.95. The maximum Gasteiger partial charge on any atom is 0.414 e. The van der Waals surface area contributed by atoms with Gasteiger partial charge in [-0.1, -0.05) is 0 Å². The van der Waals surface area contributed by atoms with E-state index in [2.05, 4.69) is 4.74 Å². The van der Waals surface area contributed by atoms with Gasteiger partial charge in [-0.25, -0.2) is 0 Å². The van der Waals surface area contributed by atoms with Crippen LogP contribution in [-0.2, 0) is 9.53 Å². The molecule has 5 heteroatoms. The van der Waals surface area contributed by atoms with E-state index in [1.165, 1.54) is 6.92 Å². The van der Waals surface area contributed by atoms with E-state index >= 15 is 0 Å².